The molecule has 0 aliphatic rings. The van der Waals surface area contributed by atoms with Gasteiger partial charge in [-0.3, -0.25) is 0 Å². The minimum absolute atomic E-state index is 0.133. The third kappa shape index (κ3) is 4.33. The summed E-state index contributed by atoms with van der Waals surface area (Å²) in [5.74, 6) is -0.0524. The Morgan fingerprint density at radius 1 is 1.35 bits per heavy atom. The molecular weight excluding hydrogens is 226 g/mol. The maximum absolute atomic E-state index is 11.1. The Hall–Kier alpha value is -2.38. The monoisotopic (exact) mass is 239 g/mol. The van der Waals surface area contributed by atoms with Crippen LogP contribution in [-0.2, 0) is 4.74 Å². The number of hydrogen-bond donors (Lipinski definition) is 3. The van der Waals surface area contributed by atoms with Gasteiger partial charge in [-0.25, -0.2) is 19.6 Å². The molecule has 0 fully saturated rings. The van der Waals surface area contributed by atoms with Gasteiger partial charge >= 0.3 is 12.0 Å². The van der Waals surface area contributed by atoms with Gasteiger partial charge in [-0.1, -0.05) is 0 Å². The molecule has 0 aromatic carbocycles. The molecule has 1 heterocycles. The minimum Gasteiger partial charge on any atom is -0.464 e. The second kappa shape index (κ2) is 6.26. The van der Waals surface area contributed by atoms with E-state index in [1.165, 1.54) is 19.5 Å². The normalized spacial score (nSPS) is 9.47. The molecule has 17 heavy (non-hydrogen) atoms. The Morgan fingerprint density at radius 3 is 2.65 bits per heavy atom. The molecule has 0 saturated heterocycles. The van der Waals surface area contributed by atoms with Crippen LogP contribution in [0.5, 0.6) is 0 Å². The predicted molar refractivity (Wildman–Crippen MR) is 59.4 cm³/mol. The Morgan fingerprint density at radius 2 is 2.12 bits per heavy atom. The average Bonchev–Trinajstić information content (AvgIpc) is 2.34. The third-order valence-corrected chi connectivity index (χ3v) is 1.78. The second-order valence-corrected chi connectivity index (χ2v) is 3.00. The molecule has 1 aromatic heterocycles. The summed E-state index contributed by atoms with van der Waals surface area (Å²) in [5.41, 5.74) is 5.02. The van der Waals surface area contributed by atoms with Gasteiger partial charge in [0.15, 0.2) is 5.69 Å². The Balaban J connectivity index is 2.40. The van der Waals surface area contributed by atoms with Crippen molar-refractivity contribution in [3.63, 3.8) is 0 Å². The van der Waals surface area contributed by atoms with Crippen molar-refractivity contribution in [2.24, 2.45) is 5.73 Å². The smallest absolute Gasteiger partial charge is 0.358 e. The number of anilines is 1. The number of primary amides is 1. The number of urea groups is 1. The van der Waals surface area contributed by atoms with Gasteiger partial charge in [-0.05, 0) is 0 Å². The summed E-state index contributed by atoms with van der Waals surface area (Å²) in [7, 11) is 1.27. The van der Waals surface area contributed by atoms with Gasteiger partial charge in [0, 0.05) is 13.1 Å². The summed E-state index contributed by atoms with van der Waals surface area (Å²) in [6, 6.07) is -0.584. The standard InChI is InChI=1S/C9H13N5O3/c1-17-8(15)6-4-14-7(5-13-6)11-2-3-12-9(10)16/h4-5H,2-3H2,1H3,(H,11,14)(H3,10,12,16). The first-order valence-electron chi connectivity index (χ1n) is 4.81. The number of carbonyl (C=O) groups excluding carboxylic acids is 2. The molecular formula is C9H13N5O3. The SMILES string of the molecule is COC(=O)c1cnc(NCCNC(N)=O)cn1. The highest BCUT2D eigenvalue weighted by molar-refractivity contribution is 5.86. The van der Waals surface area contributed by atoms with Gasteiger partial charge in [0.05, 0.1) is 19.5 Å². The van der Waals surface area contributed by atoms with Crippen LogP contribution in [0.2, 0.25) is 0 Å². The fourth-order valence-corrected chi connectivity index (χ4v) is 1.01. The number of rotatable bonds is 5. The maximum Gasteiger partial charge on any atom is 0.358 e. The summed E-state index contributed by atoms with van der Waals surface area (Å²) >= 11 is 0. The molecule has 1 rings (SSSR count). The van der Waals surface area contributed by atoms with Crippen LogP contribution in [0.1, 0.15) is 10.5 Å². The number of nitrogens with two attached hydrogens (primary N) is 1. The van der Waals surface area contributed by atoms with E-state index in [-0.39, 0.29) is 5.69 Å². The summed E-state index contributed by atoms with van der Waals surface area (Å²) in [5, 5.41) is 5.30. The molecule has 0 saturated carbocycles. The van der Waals surface area contributed by atoms with E-state index in [0.29, 0.717) is 18.9 Å². The highest BCUT2D eigenvalue weighted by Gasteiger charge is 2.06. The summed E-state index contributed by atoms with van der Waals surface area (Å²) < 4.78 is 4.48. The Kier molecular flexibility index (Phi) is 4.67. The van der Waals surface area contributed by atoms with Crippen LogP contribution >= 0.6 is 0 Å². The zero-order valence-electron chi connectivity index (χ0n) is 9.27. The van der Waals surface area contributed by atoms with Crippen LogP contribution in [0, 0.1) is 0 Å². The number of nitrogens with zero attached hydrogens (tertiary/aromatic N) is 2. The Labute approximate surface area is 97.6 Å². The van der Waals surface area contributed by atoms with Gasteiger partial charge in [0.25, 0.3) is 0 Å². The molecule has 0 unspecified atom stereocenters. The lowest BCUT2D eigenvalue weighted by Gasteiger charge is -2.05. The van der Waals surface area contributed by atoms with Crippen LogP contribution < -0.4 is 16.4 Å². The maximum atomic E-state index is 11.1. The highest BCUT2D eigenvalue weighted by atomic mass is 16.5. The quantitative estimate of drug-likeness (QED) is 0.463. The van der Waals surface area contributed by atoms with E-state index in [1.807, 2.05) is 0 Å². The summed E-state index contributed by atoms with van der Waals surface area (Å²) in [4.78, 5) is 29.2. The molecule has 4 N–H and O–H groups in total. The van der Waals surface area contributed by atoms with E-state index in [4.69, 9.17) is 5.73 Å². The summed E-state index contributed by atoms with van der Waals surface area (Å²) in [6.45, 7) is 0.824. The fourth-order valence-electron chi connectivity index (χ4n) is 1.01. The number of ether oxygens (including phenoxy) is 1. The average molecular weight is 239 g/mol. The third-order valence-electron chi connectivity index (χ3n) is 1.78. The highest BCUT2D eigenvalue weighted by Crippen LogP contribution is 2.01. The lowest BCUT2D eigenvalue weighted by Crippen LogP contribution is -2.33. The molecule has 92 valence electrons. The van der Waals surface area contributed by atoms with Crippen molar-refractivity contribution in [1.82, 2.24) is 15.3 Å². The molecule has 8 nitrogen and oxygen atoms in total. The van der Waals surface area contributed by atoms with Crippen LogP contribution in [0.25, 0.3) is 0 Å². The molecule has 0 aliphatic heterocycles. The predicted octanol–water partition coefficient (Wildman–Crippen LogP) is -0.657. The zero-order chi connectivity index (χ0) is 12.7. The second-order valence-electron chi connectivity index (χ2n) is 3.00. The molecule has 1 aromatic rings. The lowest BCUT2D eigenvalue weighted by molar-refractivity contribution is 0.0593. The summed E-state index contributed by atoms with van der Waals surface area (Å²) in [6.07, 6.45) is 2.70. The van der Waals surface area contributed by atoms with E-state index in [1.54, 1.807) is 0 Å². The van der Waals surface area contributed by atoms with Crippen molar-refractivity contribution in [3.05, 3.63) is 18.1 Å². The Bertz CT molecular complexity index is 392. The number of hydrogen-bond acceptors (Lipinski definition) is 6. The number of methoxy groups -OCH3 is 1. The molecule has 8 heteroatoms. The van der Waals surface area contributed by atoms with Gasteiger partial charge in [0.1, 0.15) is 5.82 Å². The molecule has 0 radical (unpaired) electrons. The van der Waals surface area contributed by atoms with Gasteiger partial charge in [-0.2, -0.15) is 0 Å². The van der Waals surface area contributed by atoms with E-state index < -0.39 is 12.0 Å². The van der Waals surface area contributed by atoms with E-state index in [0.717, 1.165) is 0 Å². The van der Waals surface area contributed by atoms with Crippen molar-refractivity contribution >= 4 is 17.8 Å². The van der Waals surface area contributed by atoms with Crippen molar-refractivity contribution in [2.75, 3.05) is 25.5 Å². The first-order valence-corrected chi connectivity index (χ1v) is 4.81. The van der Waals surface area contributed by atoms with Crippen LogP contribution in [0.4, 0.5) is 10.6 Å². The van der Waals surface area contributed by atoms with Gasteiger partial charge < -0.3 is 21.1 Å². The molecule has 0 bridgehead atoms. The van der Waals surface area contributed by atoms with Crippen LogP contribution in [0.15, 0.2) is 12.4 Å². The number of carbonyl (C=O) groups is 2. The van der Waals surface area contributed by atoms with Gasteiger partial charge in [0.2, 0.25) is 0 Å². The molecule has 2 amide bonds. The van der Waals surface area contributed by atoms with E-state index in [9.17, 15) is 9.59 Å². The largest absolute Gasteiger partial charge is 0.464 e. The van der Waals surface area contributed by atoms with E-state index >= 15 is 0 Å². The first-order chi connectivity index (χ1) is 8.13. The van der Waals surface area contributed by atoms with Gasteiger partial charge in [-0.15, -0.1) is 0 Å². The number of aromatic nitrogens is 2. The van der Waals surface area contributed by atoms with Crippen molar-refractivity contribution in [2.45, 2.75) is 0 Å². The number of amides is 2. The van der Waals surface area contributed by atoms with Crippen molar-refractivity contribution < 1.29 is 14.3 Å². The van der Waals surface area contributed by atoms with Crippen LogP contribution in [-0.4, -0.2) is 42.2 Å². The minimum atomic E-state index is -0.584. The topological polar surface area (TPSA) is 119 Å². The molecule has 0 spiro atoms. The first kappa shape index (κ1) is 12.7. The van der Waals surface area contributed by atoms with E-state index in [2.05, 4.69) is 25.3 Å². The fraction of sp³-hybridized carbons (Fsp3) is 0.333. The van der Waals surface area contributed by atoms with Crippen molar-refractivity contribution in [3.8, 4) is 0 Å². The molecule has 0 aliphatic carbocycles. The van der Waals surface area contributed by atoms with Crippen molar-refractivity contribution in [1.29, 1.82) is 0 Å². The number of nitrogens with one attached hydrogen (secondary N) is 2. The lowest BCUT2D eigenvalue weighted by atomic mass is 10.4. The zero-order valence-corrected chi connectivity index (χ0v) is 9.27. The van der Waals surface area contributed by atoms with Crippen LogP contribution in [0.3, 0.4) is 0 Å². The molecule has 0 atom stereocenters. The number of esters is 1.